The van der Waals surface area contributed by atoms with Gasteiger partial charge >= 0.3 is 11.8 Å². The zero-order valence-electron chi connectivity index (χ0n) is 9.33. The van der Waals surface area contributed by atoms with E-state index >= 15 is 0 Å². The van der Waals surface area contributed by atoms with E-state index in [1.165, 1.54) is 24.8 Å². The molecular weight excluding hydrogens is 232 g/mol. The molecule has 0 spiro atoms. The summed E-state index contributed by atoms with van der Waals surface area (Å²) in [7, 11) is 0. The molecule has 18 heavy (non-hydrogen) atoms. The first-order valence-electron chi connectivity index (χ1n) is 5.18. The molecule has 0 unspecified atom stereocenters. The average molecular weight is 242 g/mol. The molecule has 0 atom stereocenters. The number of nitrogens with one attached hydrogen (secondary N) is 2. The maximum absolute atomic E-state index is 11.6. The van der Waals surface area contributed by atoms with Crippen molar-refractivity contribution in [2.45, 2.75) is 0 Å². The van der Waals surface area contributed by atoms with Crippen molar-refractivity contribution in [3.63, 3.8) is 0 Å². The van der Waals surface area contributed by atoms with Crippen LogP contribution in [0.25, 0.3) is 0 Å². The van der Waals surface area contributed by atoms with Crippen molar-refractivity contribution in [1.82, 2.24) is 9.97 Å². The van der Waals surface area contributed by atoms with Crippen molar-refractivity contribution in [3.8, 4) is 0 Å². The number of anilines is 2. The Hall–Kier alpha value is -2.76. The van der Waals surface area contributed by atoms with Crippen molar-refractivity contribution < 1.29 is 9.59 Å². The minimum Gasteiger partial charge on any atom is -0.318 e. The Morgan fingerprint density at radius 2 is 1.06 bits per heavy atom. The van der Waals surface area contributed by atoms with Gasteiger partial charge in [-0.15, -0.1) is 0 Å². The minimum atomic E-state index is -0.738. The molecule has 0 aromatic carbocycles. The second-order valence-corrected chi connectivity index (χ2v) is 3.38. The lowest BCUT2D eigenvalue weighted by molar-refractivity contribution is -0.132. The van der Waals surface area contributed by atoms with Crippen LogP contribution in [0.15, 0.2) is 49.1 Å². The summed E-state index contributed by atoms with van der Waals surface area (Å²) in [6, 6.07) is 6.38. The van der Waals surface area contributed by atoms with Gasteiger partial charge in [-0.05, 0) is 24.3 Å². The summed E-state index contributed by atoms with van der Waals surface area (Å²) in [4.78, 5) is 30.7. The van der Waals surface area contributed by atoms with E-state index in [1.807, 2.05) is 0 Å². The molecule has 6 heteroatoms. The number of nitrogens with zero attached hydrogens (tertiary/aromatic N) is 2. The highest BCUT2D eigenvalue weighted by Gasteiger charge is 2.13. The minimum absolute atomic E-state index is 0.514. The van der Waals surface area contributed by atoms with E-state index in [4.69, 9.17) is 0 Å². The number of carbonyl (C=O) groups excluding carboxylic acids is 2. The maximum Gasteiger partial charge on any atom is 0.314 e. The maximum atomic E-state index is 11.6. The van der Waals surface area contributed by atoms with Gasteiger partial charge in [-0.25, -0.2) is 0 Å². The number of hydrogen-bond donors (Lipinski definition) is 2. The van der Waals surface area contributed by atoms with E-state index < -0.39 is 11.8 Å². The lowest BCUT2D eigenvalue weighted by Crippen LogP contribution is -2.29. The Bertz CT molecular complexity index is 491. The van der Waals surface area contributed by atoms with E-state index in [0.29, 0.717) is 11.4 Å². The molecule has 0 aliphatic carbocycles. The second-order valence-electron chi connectivity index (χ2n) is 3.38. The molecular formula is C12H10N4O2. The Morgan fingerprint density at radius 3 is 1.39 bits per heavy atom. The van der Waals surface area contributed by atoms with Crippen LogP contribution >= 0.6 is 0 Å². The Morgan fingerprint density at radius 1 is 0.722 bits per heavy atom. The smallest absolute Gasteiger partial charge is 0.314 e. The zero-order chi connectivity index (χ0) is 12.8. The molecule has 0 fully saturated rings. The van der Waals surface area contributed by atoms with Gasteiger partial charge < -0.3 is 10.6 Å². The molecule has 0 aliphatic heterocycles. The first-order chi connectivity index (χ1) is 8.75. The van der Waals surface area contributed by atoms with Gasteiger partial charge in [0.05, 0.1) is 0 Å². The molecule has 0 radical (unpaired) electrons. The third kappa shape index (κ3) is 3.11. The summed E-state index contributed by atoms with van der Waals surface area (Å²) in [5.41, 5.74) is 1.03. The van der Waals surface area contributed by atoms with Gasteiger partial charge in [0.2, 0.25) is 0 Å². The molecule has 2 amide bonds. The molecule has 2 aromatic heterocycles. The lowest BCUT2D eigenvalue weighted by atomic mass is 10.3. The van der Waals surface area contributed by atoms with Crippen LogP contribution in [0.1, 0.15) is 0 Å². The van der Waals surface area contributed by atoms with Crippen molar-refractivity contribution in [2.24, 2.45) is 0 Å². The number of hydrogen-bond acceptors (Lipinski definition) is 4. The van der Waals surface area contributed by atoms with E-state index in [1.54, 1.807) is 24.3 Å². The molecule has 2 rings (SSSR count). The number of amides is 2. The molecule has 0 bridgehead atoms. The zero-order valence-corrected chi connectivity index (χ0v) is 9.33. The molecule has 0 saturated carbocycles. The van der Waals surface area contributed by atoms with Crippen LogP contribution in [0.2, 0.25) is 0 Å². The molecule has 0 aliphatic rings. The van der Waals surface area contributed by atoms with Crippen molar-refractivity contribution >= 4 is 23.2 Å². The third-order valence-electron chi connectivity index (χ3n) is 2.08. The normalized spacial score (nSPS) is 9.56. The predicted octanol–water partition coefficient (Wildman–Crippen LogP) is 1.05. The van der Waals surface area contributed by atoms with Gasteiger partial charge in [-0.1, -0.05) is 0 Å². The fraction of sp³-hybridized carbons (Fsp3) is 0. The van der Waals surface area contributed by atoms with Crippen LogP contribution in [0.3, 0.4) is 0 Å². The summed E-state index contributed by atoms with van der Waals surface area (Å²) in [6.45, 7) is 0. The Balaban J connectivity index is 1.96. The summed E-state index contributed by atoms with van der Waals surface area (Å²) in [5, 5.41) is 4.91. The Kier molecular flexibility index (Phi) is 3.60. The van der Waals surface area contributed by atoms with Gasteiger partial charge in [0.1, 0.15) is 0 Å². The largest absolute Gasteiger partial charge is 0.318 e. The number of rotatable bonds is 2. The Labute approximate surface area is 103 Å². The van der Waals surface area contributed by atoms with Crippen LogP contribution in [-0.2, 0) is 9.59 Å². The SMILES string of the molecule is O=C(Nc1ccncc1)C(=O)Nc1ccncc1. The molecule has 2 N–H and O–H groups in total. The van der Waals surface area contributed by atoms with Crippen molar-refractivity contribution in [2.75, 3.05) is 10.6 Å². The topological polar surface area (TPSA) is 84.0 Å². The van der Waals surface area contributed by atoms with Gasteiger partial charge in [-0.3, -0.25) is 19.6 Å². The molecule has 0 saturated heterocycles. The fourth-order valence-electron chi connectivity index (χ4n) is 1.25. The monoisotopic (exact) mass is 242 g/mol. The van der Waals surface area contributed by atoms with E-state index in [2.05, 4.69) is 20.6 Å². The van der Waals surface area contributed by atoms with Gasteiger partial charge in [-0.2, -0.15) is 0 Å². The second kappa shape index (κ2) is 5.53. The van der Waals surface area contributed by atoms with Gasteiger partial charge in [0, 0.05) is 36.2 Å². The highest BCUT2D eigenvalue weighted by atomic mass is 16.2. The van der Waals surface area contributed by atoms with Crippen LogP contribution in [-0.4, -0.2) is 21.8 Å². The quantitative estimate of drug-likeness (QED) is 0.771. The predicted molar refractivity (Wildman–Crippen MR) is 65.7 cm³/mol. The van der Waals surface area contributed by atoms with E-state index in [-0.39, 0.29) is 0 Å². The standard InChI is InChI=1S/C12H10N4O2/c17-11(15-9-1-5-13-6-2-9)12(18)16-10-3-7-14-8-4-10/h1-8H,(H,13,15,17)(H,14,16,18). The third-order valence-corrected chi connectivity index (χ3v) is 2.08. The molecule has 2 heterocycles. The van der Waals surface area contributed by atoms with Gasteiger partial charge in [0.25, 0.3) is 0 Å². The fourth-order valence-corrected chi connectivity index (χ4v) is 1.25. The summed E-state index contributed by atoms with van der Waals surface area (Å²) in [6.07, 6.45) is 6.10. The number of pyridine rings is 2. The van der Waals surface area contributed by atoms with Crippen LogP contribution in [0.4, 0.5) is 11.4 Å². The van der Waals surface area contributed by atoms with Crippen molar-refractivity contribution in [3.05, 3.63) is 49.1 Å². The molecule has 2 aromatic rings. The van der Waals surface area contributed by atoms with Crippen molar-refractivity contribution in [1.29, 1.82) is 0 Å². The molecule has 90 valence electrons. The summed E-state index contributed by atoms with van der Waals surface area (Å²) < 4.78 is 0. The molecule has 6 nitrogen and oxygen atoms in total. The van der Waals surface area contributed by atoms with Crippen LogP contribution in [0, 0.1) is 0 Å². The summed E-state index contributed by atoms with van der Waals surface area (Å²) >= 11 is 0. The van der Waals surface area contributed by atoms with E-state index in [0.717, 1.165) is 0 Å². The highest BCUT2D eigenvalue weighted by Crippen LogP contribution is 2.05. The van der Waals surface area contributed by atoms with Crippen LogP contribution in [0.5, 0.6) is 0 Å². The highest BCUT2D eigenvalue weighted by molar-refractivity contribution is 6.43. The van der Waals surface area contributed by atoms with E-state index in [9.17, 15) is 9.59 Å². The number of carbonyl (C=O) groups is 2. The average Bonchev–Trinajstić information content (AvgIpc) is 2.41. The lowest BCUT2D eigenvalue weighted by Gasteiger charge is -2.05. The summed E-state index contributed by atoms with van der Waals surface area (Å²) in [5.74, 6) is -1.48. The first kappa shape index (κ1) is 11.7. The first-order valence-corrected chi connectivity index (χ1v) is 5.18. The van der Waals surface area contributed by atoms with Gasteiger partial charge in [0.15, 0.2) is 0 Å². The van der Waals surface area contributed by atoms with Crippen LogP contribution < -0.4 is 10.6 Å². The number of aromatic nitrogens is 2.